The Bertz CT molecular complexity index is 280. The summed E-state index contributed by atoms with van der Waals surface area (Å²) in [5.74, 6) is 0. The molecule has 0 heterocycles. The van der Waals surface area contributed by atoms with E-state index in [1.54, 1.807) is 0 Å². The van der Waals surface area contributed by atoms with Crippen LogP contribution < -0.4 is 0 Å². The Balaban J connectivity index is -0.000000750. The summed E-state index contributed by atoms with van der Waals surface area (Å²) in [6, 6.07) is 0. The molecule has 0 aromatic rings. The Kier molecular flexibility index (Phi) is 14.3. The Morgan fingerprint density at radius 3 is 2.22 bits per heavy atom. The van der Waals surface area contributed by atoms with E-state index in [0.717, 1.165) is 12.8 Å². The fourth-order valence-electron chi connectivity index (χ4n) is 2.31. The molecule has 1 rings (SSSR count). The van der Waals surface area contributed by atoms with Gasteiger partial charge in [-0.25, -0.2) is 6.08 Å². The maximum Gasteiger partial charge on any atom is 0.0712 e. The minimum Gasteiger partial charge on any atom is -0.375 e. The average molecular weight is 344 g/mol. The molecular formula is C13H25Cl2OSiTi-. The van der Waals surface area contributed by atoms with Crippen LogP contribution in [0.3, 0.4) is 0 Å². The fraction of sp³-hybridized carbons (Fsp3) is 0.692. The van der Waals surface area contributed by atoms with Crippen LogP contribution in [0.25, 0.3) is 0 Å². The molecule has 0 fully saturated rings. The maximum absolute atomic E-state index is 6.24. The maximum atomic E-state index is 6.24. The minimum absolute atomic E-state index is 0. The molecule has 0 aromatic heterocycles. The van der Waals surface area contributed by atoms with E-state index in [9.17, 15) is 0 Å². The van der Waals surface area contributed by atoms with Gasteiger partial charge in [0, 0.05) is 26.9 Å². The third-order valence-corrected chi connectivity index (χ3v) is 5.78. The second kappa shape index (κ2) is 10.7. The molecule has 0 spiro atoms. The zero-order valence-electron chi connectivity index (χ0n) is 11.9. The SMILES string of the molecule is CCC(OC(C)C)(C1=[C-]CC=C1)[SiH](C)C.Cl.Cl.[Ti]. The zero-order chi connectivity index (χ0) is 11.5. The molecule has 0 N–H and O–H groups in total. The molecule has 18 heavy (non-hydrogen) atoms. The Morgan fingerprint density at radius 1 is 1.39 bits per heavy atom. The normalized spacial score (nSPS) is 16.5. The summed E-state index contributed by atoms with van der Waals surface area (Å²) in [6.45, 7) is 11.2. The summed E-state index contributed by atoms with van der Waals surface area (Å²) in [7, 11) is -0.904. The van der Waals surface area contributed by atoms with Crippen LogP contribution in [0.1, 0.15) is 33.6 Å². The fourth-order valence-corrected chi connectivity index (χ4v) is 4.49. The van der Waals surface area contributed by atoms with Crippen molar-refractivity contribution in [3.05, 3.63) is 23.8 Å². The first kappa shape index (κ1) is 24.0. The second-order valence-corrected chi connectivity index (χ2v) is 8.00. The number of halogens is 2. The van der Waals surface area contributed by atoms with E-state index in [1.807, 2.05) is 0 Å². The predicted molar refractivity (Wildman–Crippen MR) is 83.1 cm³/mol. The predicted octanol–water partition coefficient (Wildman–Crippen LogP) is 4.12. The van der Waals surface area contributed by atoms with Gasteiger partial charge in [-0.3, -0.25) is 6.08 Å². The number of rotatable bonds is 5. The number of hydrogen-bond acceptors (Lipinski definition) is 1. The van der Waals surface area contributed by atoms with Crippen LogP contribution in [0, 0.1) is 6.08 Å². The summed E-state index contributed by atoms with van der Waals surface area (Å²) < 4.78 is 6.24. The zero-order valence-corrected chi connectivity index (χ0v) is 16.3. The first-order valence-electron chi connectivity index (χ1n) is 5.98. The minimum atomic E-state index is -0.904. The van der Waals surface area contributed by atoms with Crippen LogP contribution in [0.2, 0.25) is 13.1 Å². The van der Waals surface area contributed by atoms with Gasteiger partial charge in [-0.15, -0.1) is 31.2 Å². The van der Waals surface area contributed by atoms with Gasteiger partial charge >= 0.3 is 0 Å². The van der Waals surface area contributed by atoms with E-state index in [0.29, 0.717) is 6.10 Å². The number of ether oxygens (including phenoxy) is 1. The quantitative estimate of drug-likeness (QED) is 0.539. The van der Waals surface area contributed by atoms with Crippen LogP contribution in [0.4, 0.5) is 0 Å². The van der Waals surface area contributed by atoms with Crippen molar-refractivity contribution < 1.29 is 26.5 Å². The van der Waals surface area contributed by atoms with Crippen molar-refractivity contribution in [1.29, 1.82) is 0 Å². The van der Waals surface area contributed by atoms with Crippen molar-refractivity contribution in [2.24, 2.45) is 0 Å². The van der Waals surface area contributed by atoms with E-state index < -0.39 is 8.80 Å². The van der Waals surface area contributed by atoms with Crippen molar-refractivity contribution in [1.82, 2.24) is 0 Å². The van der Waals surface area contributed by atoms with Gasteiger partial charge in [0.05, 0.1) is 14.9 Å². The van der Waals surface area contributed by atoms with Crippen molar-refractivity contribution in [2.45, 2.75) is 58.0 Å². The average Bonchev–Trinajstić information content (AvgIpc) is 2.66. The number of hydrogen-bond donors (Lipinski definition) is 0. The second-order valence-electron chi connectivity index (χ2n) is 4.76. The molecule has 0 aromatic carbocycles. The van der Waals surface area contributed by atoms with Gasteiger partial charge in [0.2, 0.25) is 0 Å². The molecule has 0 saturated carbocycles. The Labute approximate surface area is 141 Å². The van der Waals surface area contributed by atoms with E-state index in [2.05, 4.69) is 52.1 Å². The van der Waals surface area contributed by atoms with E-state index in [4.69, 9.17) is 4.74 Å². The third kappa shape index (κ3) is 5.52. The molecular weight excluding hydrogens is 319 g/mol. The molecule has 0 amide bonds. The molecule has 0 bridgehead atoms. The summed E-state index contributed by atoms with van der Waals surface area (Å²) in [5, 5.41) is 0.00116. The van der Waals surface area contributed by atoms with Crippen molar-refractivity contribution >= 4 is 33.6 Å². The summed E-state index contributed by atoms with van der Waals surface area (Å²) in [5.41, 5.74) is 1.31. The topological polar surface area (TPSA) is 9.23 Å². The Hall–Kier alpha value is 0.951. The van der Waals surface area contributed by atoms with Crippen LogP contribution in [0.5, 0.6) is 0 Å². The van der Waals surface area contributed by atoms with Crippen LogP contribution >= 0.6 is 24.8 Å². The van der Waals surface area contributed by atoms with Crippen LogP contribution in [0.15, 0.2) is 17.7 Å². The van der Waals surface area contributed by atoms with Crippen molar-refractivity contribution in [2.75, 3.05) is 0 Å². The monoisotopic (exact) mass is 343 g/mol. The van der Waals surface area contributed by atoms with Crippen LogP contribution in [-0.4, -0.2) is 20.1 Å². The molecule has 1 atom stereocenters. The van der Waals surface area contributed by atoms with Gasteiger partial charge < -0.3 is 4.74 Å². The standard InChI is InChI=1S/C13H23OSi.2ClH.Ti/c1-6-13(15(4)5,14-11(2)3)12-9-7-8-10-12;;;/h7,9,11,15H,6,8H2,1-5H3;2*1H;/q-1;;;. The summed E-state index contributed by atoms with van der Waals surface area (Å²) in [6.07, 6.45) is 10.2. The van der Waals surface area contributed by atoms with Gasteiger partial charge in [-0.1, -0.05) is 20.0 Å². The molecule has 1 nitrogen and oxygen atoms in total. The molecule has 5 heteroatoms. The molecule has 0 radical (unpaired) electrons. The summed E-state index contributed by atoms with van der Waals surface area (Å²) in [4.78, 5) is 0. The van der Waals surface area contributed by atoms with E-state index in [-0.39, 0.29) is 51.8 Å². The molecule has 1 aliphatic carbocycles. The van der Waals surface area contributed by atoms with Gasteiger partial charge in [0.25, 0.3) is 0 Å². The molecule has 1 aliphatic rings. The van der Waals surface area contributed by atoms with Gasteiger partial charge in [0.15, 0.2) is 0 Å². The van der Waals surface area contributed by atoms with Gasteiger partial charge in [0.1, 0.15) is 0 Å². The van der Waals surface area contributed by atoms with Crippen LogP contribution in [-0.2, 0) is 26.5 Å². The van der Waals surface area contributed by atoms with Gasteiger partial charge in [-0.05, 0) is 20.3 Å². The van der Waals surface area contributed by atoms with E-state index in [1.165, 1.54) is 5.57 Å². The molecule has 106 valence electrons. The number of allylic oxidation sites excluding steroid dienone is 2. The first-order chi connectivity index (χ1) is 7.03. The largest absolute Gasteiger partial charge is 0.375 e. The van der Waals surface area contributed by atoms with Crippen molar-refractivity contribution in [3.8, 4) is 0 Å². The smallest absolute Gasteiger partial charge is 0.0712 e. The molecule has 1 unspecified atom stereocenters. The molecule has 0 saturated heterocycles. The van der Waals surface area contributed by atoms with Gasteiger partial charge in [-0.2, -0.15) is 11.6 Å². The third-order valence-electron chi connectivity index (χ3n) is 3.05. The first-order valence-corrected chi connectivity index (χ1v) is 8.87. The van der Waals surface area contributed by atoms with Crippen molar-refractivity contribution in [3.63, 3.8) is 0 Å². The Morgan fingerprint density at radius 2 is 1.94 bits per heavy atom. The summed E-state index contributed by atoms with van der Waals surface area (Å²) >= 11 is 0. The molecule has 0 aliphatic heterocycles. The van der Waals surface area contributed by atoms with E-state index >= 15 is 0 Å².